The van der Waals surface area contributed by atoms with Crippen LogP contribution >= 0.6 is 0 Å². The molecule has 202 valence electrons. The van der Waals surface area contributed by atoms with Gasteiger partial charge < -0.3 is 14.7 Å². The average Bonchev–Trinajstić information content (AvgIpc) is 2.90. The van der Waals surface area contributed by atoms with Crippen LogP contribution in [0.1, 0.15) is 46.0 Å². The quantitative estimate of drug-likeness (QED) is 0.600. The summed E-state index contributed by atoms with van der Waals surface area (Å²) in [4.78, 5) is 14.9. The molecular weight excluding hydrogens is 495 g/mol. The highest BCUT2D eigenvalue weighted by atomic mass is 32.2. The molecule has 1 heterocycles. The highest BCUT2D eigenvalue weighted by Gasteiger charge is 2.39. The third kappa shape index (κ3) is 5.99. The Hall–Kier alpha value is -2.49. The number of sulfonamides is 1. The van der Waals surface area contributed by atoms with Crippen LogP contribution in [0.5, 0.6) is 5.75 Å². The zero-order valence-corrected chi connectivity index (χ0v) is 22.6. The van der Waals surface area contributed by atoms with E-state index >= 15 is 0 Å². The van der Waals surface area contributed by atoms with E-state index in [1.807, 2.05) is 6.92 Å². The van der Waals surface area contributed by atoms with E-state index in [1.54, 1.807) is 43.1 Å². The van der Waals surface area contributed by atoms with E-state index in [0.29, 0.717) is 12.1 Å². The van der Waals surface area contributed by atoms with Gasteiger partial charge in [0.05, 0.1) is 13.2 Å². The second-order valence-corrected chi connectivity index (χ2v) is 12.3. The Bertz CT molecular complexity index is 1200. The maximum atomic E-state index is 13.7. The van der Waals surface area contributed by atoms with Crippen molar-refractivity contribution in [3.05, 3.63) is 48.3 Å². The molecule has 1 N–H and O–H groups in total. The highest BCUT2D eigenvalue weighted by Crippen LogP contribution is 2.37. The lowest BCUT2D eigenvalue weighted by molar-refractivity contribution is -0.136. The number of likely N-dealkylation sites (N-methyl/N-ethyl adjacent to an activating group) is 1. The number of ether oxygens (including phenoxy) is 1. The molecular formula is C28H37FN2O5S. The number of hydrogen-bond donors (Lipinski definition) is 1. The molecule has 0 aromatic heterocycles. The highest BCUT2D eigenvalue weighted by molar-refractivity contribution is 7.89. The van der Waals surface area contributed by atoms with Gasteiger partial charge in [-0.15, -0.1) is 0 Å². The van der Waals surface area contributed by atoms with E-state index in [1.165, 1.54) is 22.5 Å². The zero-order chi connectivity index (χ0) is 26.7. The maximum Gasteiger partial charge on any atom is 0.247 e. The Morgan fingerprint density at radius 2 is 1.78 bits per heavy atom. The standard InChI is InChI=1S/C28H37FN2O5S/c1-19-16-31(20(2)18-32)37(34,35)27-14-11-23(21-9-12-24(29)13-10-21)15-25(27)36-26(19)17-30(3)28(33)22-7-5-4-6-8-22/h9-15,19-20,22,26,32H,4-8,16-18H2,1-3H3/t19-,20+,26-/m1/s1. The summed E-state index contributed by atoms with van der Waals surface area (Å²) in [5, 5.41) is 9.84. The van der Waals surface area contributed by atoms with Gasteiger partial charge in [0.15, 0.2) is 0 Å². The minimum absolute atomic E-state index is 0.0109. The summed E-state index contributed by atoms with van der Waals surface area (Å²) < 4.78 is 48.6. The Morgan fingerprint density at radius 3 is 2.43 bits per heavy atom. The number of aliphatic hydroxyl groups excluding tert-OH is 1. The third-order valence-corrected chi connectivity index (χ3v) is 9.65. The van der Waals surface area contributed by atoms with E-state index in [4.69, 9.17) is 4.74 Å². The SMILES string of the molecule is C[C@@H]1CN([C@@H](C)CO)S(=O)(=O)c2ccc(-c3ccc(F)cc3)cc2O[C@@H]1CN(C)C(=O)C1CCCCC1. The zero-order valence-electron chi connectivity index (χ0n) is 21.8. The van der Waals surface area contributed by atoms with Crippen molar-refractivity contribution in [1.29, 1.82) is 0 Å². The van der Waals surface area contributed by atoms with Crippen LogP contribution in [0.25, 0.3) is 11.1 Å². The molecule has 4 rings (SSSR count). The fourth-order valence-corrected chi connectivity index (χ4v) is 7.11. The van der Waals surface area contributed by atoms with E-state index in [0.717, 1.165) is 37.7 Å². The smallest absolute Gasteiger partial charge is 0.247 e. The molecule has 0 spiro atoms. The first-order valence-corrected chi connectivity index (χ1v) is 14.5. The van der Waals surface area contributed by atoms with Crippen LogP contribution in [-0.2, 0) is 14.8 Å². The van der Waals surface area contributed by atoms with Gasteiger partial charge in [0.2, 0.25) is 15.9 Å². The Morgan fingerprint density at radius 1 is 1.14 bits per heavy atom. The van der Waals surface area contributed by atoms with Crippen LogP contribution < -0.4 is 4.74 Å². The molecule has 9 heteroatoms. The number of carbonyl (C=O) groups excluding carboxylic acids is 1. The van der Waals surface area contributed by atoms with Gasteiger partial charge in [-0.3, -0.25) is 4.79 Å². The molecule has 1 fully saturated rings. The van der Waals surface area contributed by atoms with Gasteiger partial charge in [0.25, 0.3) is 0 Å². The molecule has 2 aliphatic rings. The first kappa shape index (κ1) is 27.5. The van der Waals surface area contributed by atoms with E-state index in [2.05, 4.69) is 0 Å². The van der Waals surface area contributed by atoms with Crippen molar-refractivity contribution in [3.63, 3.8) is 0 Å². The van der Waals surface area contributed by atoms with Gasteiger partial charge in [-0.2, -0.15) is 4.31 Å². The van der Waals surface area contributed by atoms with Crippen molar-refractivity contribution in [2.24, 2.45) is 11.8 Å². The van der Waals surface area contributed by atoms with Gasteiger partial charge in [0, 0.05) is 31.5 Å². The number of hydrogen-bond acceptors (Lipinski definition) is 5. The molecule has 0 bridgehead atoms. The Labute approximate surface area is 219 Å². The normalized spacial score (nSPS) is 23.3. The molecule has 7 nitrogen and oxygen atoms in total. The molecule has 1 aliphatic carbocycles. The van der Waals surface area contributed by atoms with Crippen molar-refractivity contribution < 1.29 is 27.4 Å². The van der Waals surface area contributed by atoms with E-state index < -0.39 is 22.2 Å². The summed E-state index contributed by atoms with van der Waals surface area (Å²) in [6.07, 6.45) is 4.61. The first-order valence-electron chi connectivity index (χ1n) is 13.1. The van der Waals surface area contributed by atoms with Crippen LogP contribution in [0.15, 0.2) is 47.4 Å². The van der Waals surface area contributed by atoms with Crippen molar-refractivity contribution in [3.8, 4) is 16.9 Å². The molecule has 0 unspecified atom stereocenters. The van der Waals surface area contributed by atoms with Gasteiger partial charge in [-0.05, 0) is 55.2 Å². The summed E-state index contributed by atoms with van der Waals surface area (Å²) in [6.45, 7) is 3.73. The number of fused-ring (bicyclic) bond motifs is 1. The molecule has 2 aromatic carbocycles. The van der Waals surface area contributed by atoms with E-state index in [-0.39, 0.29) is 47.4 Å². The molecule has 37 heavy (non-hydrogen) atoms. The molecule has 2 aromatic rings. The number of amides is 1. The topological polar surface area (TPSA) is 87.2 Å². The number of benzene rings is 2. The molecule has 1 amide bonds. The lowest BCUT2D eigenvalue weighted by atomic mass is 9.88. The summed E-state index contributed by atoms with van der Waals surface area (Å²) in [7, 11) is -2.19. The van der Waals surface area contributed by atoms with Crippen LogP contribution in [0, 0.1) is 17.7 Å². The minimum atomic E-state index is -3.97. The molecule has 3 atom stereocenters. The average molecular weight is 533 g/mol. The number of carbonyl (C=O) groups is 1. The second-order valence-electron chi connectivity index (χ2n) is 10.5. The first-order chi connectivity index (χ1) is 17.6. The third-order valence-electron chi connectivity index (χ3n) is 7.63. The predicted molar refractivity (Wildman–Crippen MR) is 140 cm³/mol. The van der Waals surface area contributed by atoms with E-state index in [9.17, 15) is 22.7 Å². The number of aliphatic hydroxyl groups is 1. The minimum Gasteiger partial charge on any atom is -0.487 e. The number of halogens is 1. The van der Waals surface area contributed by atoms with Crippen LogP contribution in [0.2, 0.25) is 0 Å². The molecule has 1 saturated carbocycles. The largest absolute Gasteiger partial charge is 0.487 e. The summed E-state index contributed by atoms with van der Waals surface area (Å²) in [5.74, 6) is -0.306. The Balaban J connectivity index is 1.71. The molecule has 0 saturated heterocycles. The van der Waals surface area contributed by atoms with Crippen LogP contribution in [0.4, 0.5) is 4.39 Å². The summed E-state index contributed by atoms with van der Waals surface area (Å²) >= 11 is 0. The van der Waals surface area contributed by atoms with Gasteiger partial charge in [0.1, 0.15) is 22.6 Å². The van der Waals surface area contributed by atoms with Crippen molar-refractivity contribution in [2.45, 2.75) is 63.0 Å². The molecule has 0 radical (unpaired) electrons. The monoisotopic (exact) mass is 532 g/mol. The van der Waals surface area contributed by atoms with Crippen LogP contribution in [-0.4, -0.2) is 67.5 Å². The van der Waals surface area contributed by atoms with Gasteiger partial charge >= 0.3 is 0 Å². The van der Waals surface area contributed by atoms with Crippen LogP contribution in [0.3, 0.4) is 0 Å². The van der Waals surface area contributed by atoms with Crippen molar-refractivity contribution >= 4 is 15.9 Å². The summed E-state index contributed by atoms with van der Waals surface area (Å²) in [6, 6.07) is 10.2. The molecule has 1 aliphatic heterocycles. The lowest BCUT2D eigenvalue weighted by Crippen LogP contribution is -2.50. The number of nitrogens with zero attached hydrogens (tertiary/aromatic N) is 2. The Kier molecular flexibility index (Phi) is 8.56. The second kappa shape index (κ2) is 11.5. The number of rotatable bonds is 6. The van der Waals surface area contributed by atoms with Gasteiger partial charge in [-0.1, -0.05) is 44.4 Å². The lowest BCUT2D eigenvalue weighted by Gasteiger charge is -2.38. The fourth-order valence-electron chi connectivity index (χ4n) is 5.29. The fraction of sp³-hybridized carbons (Fsp3) is 0.536. The summed E-state index contributed by atoms with van der Waals surface area (Å²) in [5.41, 5.74) is 1.41. The van der Waals surface area contributed by atoms with Crippen molar-refractivity contribution in [1.82, 2.24) is 9.21 Å². The maximum absolute atomic E-state index is 13.7. The van der Waals surface area contributed by atoms with Gasteiger partial charge in [-0.25, -0.2) is 12.8 Å². The van der Waals surface area contributed by atoms with Crippen molar-refractivity contribution in [2.75, 3.05) is 26.7 Å². The predicted octanol–water partition coefficient (Wildman–Crippen LogP) is 4.30.